The summed E-state index contributed by atoms with van der Waals surface area (Å²) in [5.41, 5.74) is 2.41. The highest BCUT2D eigenvalue weighted by Gasteiger charge is 2.13. The van der Waals surface area contributed by atoms with Gasteiger partial charge in [-0.15, -0.1) is 0 Å². The second-order valence-electron chi connectivity index (χ2n) is 6.42. The molecule has 0 aliphatic carbocycles. The first-order chi connectivity index (χ1) is 13.2. The van der Waals surface area contributed by atoms with Crippen LogP contribution in [0.5, 0.6) is 0 Å². The van der Waals surface area contributed by atoms with E-state index in [-0.39, 0.29) is 11.2 Å². The zero-order valence-corrected chi connectivity index (χ0v) is 15.6. The van der Waals surface area contributed by atoms with Crippen LogP contribution in [0.4, 0.5) is 5.69 Å². The smallest absolute Gasteiger partial charge is 0.287 e. The number of amides is 1. The van der Waals surface area contributed by atoms with Crippen molar-refractivity contribution < 1.29 is 9.21 Å². The molecule has 0 bridgehead atoms. The molecule has 1 aromatic heterocycles. The lowest BCUT2D eigenvalue weighted by Gasteiger charge is -2.28. The molecule has 0 radical (unpaired) electrons. The van der Waals surface area contributed by atoms with E-state index < -0.39 is 5.91 Å². The van der Waals surface area contributed by atoms with Gasteiger partial charge >= 0.3 is 0 Å². The molecule has 4 rings (SSSR count). The molecule has 0 saturated carbocycles. The van der Waals surface area contributed by atoms with E-state index in [9.17, 15) is 9.59 Å². The monoisotopic (exact) mass is 380 g/mol. The van der Waals surface area contributed by atoms with Crippen molar-refractivity contribution in [1.29, 1.82) is 0 Å². The fraction of sp³-hybridized carbons (Fsp3) is 0.238. The van der Waals surface area contributed by atoms with Gasteiger partial charge in [-0.1, -0.05) is 24.3 Å². The second-order valence-corrected chi connectivity index (χ2v) is 7.64. The van der Waals surface area contributed by atoms with Crippen molar-refractivity contribution in [3.63, 3.8) is 0 Å². The molecule has 1 aliphatic rings. The van der Waals surface area contributed by atoms with Gasteiger partial charge in [-0.05, 0) is 29.8 Å². The first-order valence-electron chi connectivity index (χ1n) is 8.93. The van der Waals surface area contributed by atoms with Crippen molar-refractivity contribution in [2.24, 2.45) is 0 Å². The molecule has 0 unspecified atom stereocenters. The Morgan fingerprint density at radius 1 is 1.07 bits per heavy atom. The van der Waals surface area contributed by atoms with Gasteiger partial charge in [-0.3, -0.25) is 9.59 Å². The standard InChI is InChI=1S/C21H20N2O3S/c24-18-13-20(26-19-4-2-1-3-17(18)19)21(25)22-14-15-5-7-16(8-6-15)23-9-11-27-12-10-23/h1-8,13H,9-12,14H2,(H,22,25). The molecule has 1 N–H and O–H groups in total. The Balaban J connectivity index is 1.42. The van der Waals surface area contributed by atoms with Crippen LogP contribution in [-0.4, -0.2) is 30.5 Å². The van der Waals surface area contributed by atoms with Crippen LogP contribution in [0.15, 0.2) is 63.8 Å². The van der Waals surface area contributed by atoms with Crippen molar-refractivity contribution >= 4 is 34.3 Å². The lowest BCUT2D eigenvalue weighted by atomic mass is 10.2. The fourth-order valence-electron chi connectivity index (χ4n) is 3.13. The van der Waals surface area contributed by atoms with Crippen LogP contribution in [0, 0.1) is 0 Å². The first kappa shape index (κ1) is 17.7. The quantitative estimate of drug-likeness (QED) is 0.753. The summed E-state index contributed by atoms with van der Waals surface area (Å²) >= 11 is 1.99. The molecule has 6 heteroatoms. The Bertz CT molecular complexity index is 1010. The first-order valence-corrected chi connectivity index (χ1v) is 10.1. The predicted molar refractivity (Wildman–Crippen MR) is 110 cm³/mol. The molecule has 2 heterocycles. The molecular formula is C21H20N2O3S. The van der Waals surface area contributed by atoms with Crippen molar-refractivity contribution in [1.82, 2.24) is 5.32 Å². The van der Waals surface area contributed by atoms with Gasteiger partial charge in [-0.25, -0.2) is 0 Å². The Morgan fingerprint density at radius 3 is 2.59 bits per heavy atom. The third-order valence-electron chi connectivity index (χ3n) is 4.62. The Morgan fingerprint density at radius 2 is 1.81 bits per heavy atom. The molecule has 27 heavy (non-hydrogen) atoms. The number of hydrogen-bond acceptors (Lipinski definition) is 5. The van der Waals surface area contributed by atoms with E-state index >= 15 is 0 Å². The maximum absolute atomic E-state index is 12.4. The maximum atomic E-state index is 12.4. The van der Waals surface area contributed by atoms with Gasteiger partial charge in [0.2, 0.25) is 0 Å². The molecule has 138 valence electrons. The zero-order chi connectivity index (χ0) is 18.6. The molecule has 3 aromatic rings. The lowest BCUT2D eigenvalue weighted by molar-refractivity contribution is 0.0923. The summed E-state index contributed by atoms with van der Waals surface area (Å²) in [6.45, 7) is 2.52. The van der Waals surface area contributed by atoms with E-state index in [4.69, 9.17) is 4.42 Å². The minimum Gasteiger partial charge on any atom is -0.451 e. The van der Waals surface area contributed by atoms with E-state index in [1.165, 1.54) is 11.8 Å². The van der Waals surface area contributed by atoms with Gasteiger partial charge in [-0.2, -0.15) is 11.8 Å². The average Bonchev–Trinajstić information content (AvgIpc) is 2.73. The van der Waals surface area contributed by atoms with E-state index in [0.717, 1.165) is 30.2 Å². The Kier molecular flexibility index (Phi) is 5.16. The number of rotatable bonds is 4. The largest absolute Gasteiger partial charge is 0.451 e. The molecular weight excluding hydrogens is 360 g/mol. The summed E-state index contributed by atoms with van der Waals surface area (Å²) in [6, 6.07) is 16.4. The highest BCUT2D eigenvalue weighted by molar-refractivity contribution is 7.99. The number of benzene rings is 2. The summed E-state index contributed by atoms with van der Waals surface area (Å²) in [5, 5.41) is 3.29. The van der Waals surface area contributed by atoms with E-state index in [2.05, 4.69) is 22.3 Å². The number of nitrogens with one attached hydrogen (secondary N) is 1. The second kappa shape index (κ2) is 7.88. The summed E-state index contributed by atoms with van der Waals surface area (Å²) in [5.74, 6) is 1.96. The van der Waals surface area contributed by atoms with Gasteiger partial charge in [0.05, 0.1) is 5.39 Å². The van der Waals surface area contributed by atoms with E-state index in [0.29, 0.717) is 17.5 Å². The number of para-hydroxylation sites is 1. The fourth-order valence-corrected chi connectivity index (χ4v) is 4.03. The van der Waals surface area contributed by atoms with Crippen LogP contribution in [0.3, 0.4) is 0 Å². The van der Waals surface area contributed by atoms with Crippen LogP contribution < -0.4 is 15.6 Å². The number of thioether (sulfide) groups is 1. The number of carbonyl (C=O) groups excluding carboxylic acids is 1. The van der Waals surface area contributed by atoms with Crippen molar-refractivity contribution in [2.75, 3.05) is 29.5 Å². The van der Waals surface area contributed by atoms with Gasteiger partial charge < -0.3 is 14.6 Å². The normalized spacial score (nSPS) is 14.3. The summed E-state index contributed by atoms with van der Waals surface area (Å²) in [4.78, 5) is 26.9. The summed E-state index contributed by atoms with van der Waals surface area (Å²) < 4.78 is 5.57. The molecule has 0 spiro atoms. The number of carbonyl (C=O) groups is 1. The number of fused-ring (bicyclic) bond motifs is 1. The Labute approximate surface area is 161 Å². The number of anilines is 1. The molecule has 1 fully saturated rings. The van der Waals surface area contributed by atoms with Crippen LogP contribution >= 0.6 is 11.8 Å². The van der Waals surface area contributed by atoms with Crippen LogP contribution in [0.2, 0.25) is 0 Å². The summed E-state index contributed by atoms with van der Waals surface area (Å²) in [7, 11) is 0. The highest BCUT2D eigenvalue weighted by Crippen LogP contribution is 2.20. The third kappa shape index (κ3) is 4.01. The molecule has 1 saturated heterocycles. The predicted octanol–water partition coefficient (Wildman–Crippen LogP) is 3.28. The van der Waals surface area contributed by atoms with Crippen molar-refractivity contribution in [3.8, 4) is 0 Å². The van der Waals surface area contributed by atoms with Crippen LogP contribution in [-0.2, 0) is 6.54 Å². The van der Waals surface area contributed by atoms with Gasteiger partial charge in [0, 0.05) is 42.9 Å². The van der Waals surface area contributed by atoms with Crippen LogP contribution in [0.1, 0.15) is 16.1 Å². The van der Waals surface area contributed by atoms with Gasteiger partial charge in [0.15, 0.2) is 11.2 Å². The lowest BCUT2D eigenvalue weighted by Crippen LogP contribution is -2.32. The third-order valence-corrected chi connectivity index (χ3v) is 5.57. The van der Waals surface area contributed by atoms with Gasteiger partial charge in [0.1, 0.15) is 5.58 Å². The molecule has 5 nitrogen and oxygen atoms in total. The molecule has 2 aromatic carbocycles. The minimum atomic E-state index is -0.394. The van der Waals surface area contributed by atoms with Crippen LogP contribution in [0.25, 0.3) is 11.0 Å². The maximum Gasteiger partial charge on any atom is 0.287 e. The number of nitrogens with zero attached hydrogens (tertiary/aromatic N) is 1. The van der Waals surface area contributed by atoms with E-state index in [1.807, 2.05) is 23.9 Å². The molecule has 1 aliphatic heterocycles. The SMILES string of the molecule is O=C(NCc1ccc(N2CCSCC2)cc1)c1cc(=O)c2ccccc2o1. The average molecular weight is 380 g/mol. The van der Waals surface area contributed by atoms with Gasteiger partial charge in [0.25, 0.3) is 5.91 Å². The molecule has 1 amide bonds. The number of hydrogen-bond donors (Lipinski definition) is 1. The molecule has 0 atom stereocenters. The topological polar surface area (TPSA) is 62.6 Å². The zero-order valence-electron chi connectivity index (χ0n) is 14.8. The van der Waals surface area contributed by atoms with Crippen molar-refractivity contribution in [2.45, 2.75) is 6.54 Å². The van der Waals surface area contributed by atoms with E-state index in [1.54, 1.807) is 24.3 Å². The minimum absolute atomic E-state index is 0.0288. The summed E-state index contributed by atoms with van der Waals surface area (Å²) in [6.07, 6.45) is 0. The highest BCUT2D eigenvalue weighted by atomic mass is 32.2. The Hall–Kier alpha value is -2.73. The van der Waals surface area contributed by atoms with Crippen molar-refractivity contribution in [3.05, 3.63) is 76.1 Å².